The lowest BCUT2D eigenvalue weighted by Crippen LogP contribution is -3.00. The van der Waals surface area contributed by atoms with Crippen LogP contribution in [0.15, 0.2) is 37.4 Å². The Balaban J connectivity index is 0.00000264. The molecule has 0 aromatic carbocycles. The Kier molecular flexibility index (Phi) is 9.75. The third kappa shape index (κ3) is 7.47. The average Bonchev–Trinajstić information content (AvgIpc) is 3.04. The van der Waals surface area contributed by atoms with Gasteiger partial charge in [0, 0.05) is 13.1 Å². The van der Waals surface area contributed by atoms with Crippen LogP contribution in [-0.2, 0) is 36.8 Å². The largest absolute Gasteiger partial charge is 1.00 e. The van der Waals surface area contributed by atoms with Gasteiger partial charge in [-0.25, -0.2) is 18.3 Å². The summed E-state index contributed by atoms with van der Waals surface area (Å²) in [7, 11) is 3.80. The zero-order chi connectivity index (χ0) is 15.9. The summed E-state index contributed by atoms with van der Waals surface area (Å²) in [6, 6.07) is 0. The van der Waals surface area contributed by atoms with Crippen LogP contribution in [0, 0.1) is 0 Å². The van der Waals surface area contributed by atoms with E-state index in [2.05, 4.69) is 10.6 Å². The standard InChI is InChI=1S/C14H20N6O2.2ClH/c1-17-5-7-19(11-17)9-13(21)15-3-4-16-14(22)10-20-8-6-18(2)12-20;;/h5-8,11-12H,3-4,9-10H2,1-2H3;2*1H. The Morgan fingerprint density at radius 3 is 1.50 bits per heavy atom. The molecule has 8 nitrogen and oxygen atoms in total. The molecule has 0 spiro atoms. The molecule has 2 aromatic rings. The van der Waals surface area contributed by atoms with Gasteiger partial charge < -0.3 is 35.4 Å². The van der Waals surface area contributed by atoms with E-state index in [1.54, 1.807) is 9.13 Å². The number of carbonyl (C=O) groups excluding carboxylic acids is 2. The first kappa shape index (κ1) is 21.9. The average molecular weight is 377 g/mol. The third-order valence-corrected chi connectivity index (χ3v) is 3.07. The maximum atomic E-state index is 11.7. The van der Waals surface area contributed by atoms with E-state index >= 15 is 0 Å². The molecule has 0 bridgehead atoms. The molecule has 0 unspecified atom stereocenters. The van der Waals surface area contributed by atoms with Gasteiger partial charge in [0.15, 0.2) is 13.1 Å². The molecule has 24 heavy (non-hydrogen) atoms. The SMILES string of the molecule is C[n+]1ccn(CC(=O)NCCNC(=O)Cn2cc[n+](C)c2)c1.[Cl-].[Cl-]. The van der Waals surface area contributed by atoms with Gasteiger partial charge in [-0.05, 0) is 0 Å². The molecule has 0 radical (unpaired) electrons. The fourth-order valence-electron chi connectivity index (χ4n) is 2.04. The fourth-order valence-corrected chi connectivity index (χ4v) is 2.04. The summed E-state index contributed by atoms with van der Waals surface area (Å²) in [5.41, 5.74) is 0. The molecule has 0 aliphatic rings. The number of aromatic nitrogens is 4. The van der Waals surface area contributed by atoms with Gasteiger partial charge in [0.25, 0.3) is 11.8 Å². The van der Waals surface area contributed by atoms with Crippen molar-refractivity contribution in [1.82, 2.24) is 19.8 Å². The molecule has 2 heterocycles. The lowest BCUT2D eigenvalue weighted by molar-refractivity contribution is -0.671. The number of hydrogen-bond acceptors (Lipinski definition) is 2. The van der Waals surface area contributed by atoms with Crippen molar-refractivity contribution in [2.75, 3.05) is 13.1 Å². The molecule has 0 fully saturated rings. The number of amides is 2. The number of rotatable bonds is 7. The molecule has 10 heteroatoms. The summed E-state index contributed by atoms with van der Waals surface area (Å²) < 4.78 is 7.32. The van der Waals surface area contributed by atoms with Crippen molar-refractivity contribution in [1.29, 1.82) is 0 Å². The second kappa shape index (κ2) is 10.7. The summed E-state index contributed by atoms with van der Waals surface area (Å²) in [6.07, 6.45) is 11.1. The Bertz CT molecular complexity index is 599. The predicted molar refractivity (Wildman–Crippen MR) is 77.2 cm³/mol. The molecule has 134 valence electrons. The van der Waals surface area contributed by atoms with Crippen molar-refractivity contribution in [3.05, 3.63) is 37.4 Å². The van der Waals surface area contributed by atoms with E-state index in [0.29, 0.717) is 13.1 Å². The third-order valence-electron chi connectivity index (χ3n) is 3.07. The Morgan fingerprint density at radius 2 is 1.21 bits per heavy atom. The van der Waals surface area contributed by atoms with E-state index in [9.17, 15) is 9.59 Å². The van der Waals surface area contributed by atoms with Gasteiger partial charge in [0.1, 0.15) is 24.8 Å². The van der Waals surface area contributed by atoms with Crippen LogP contribution in [0.25, 0.3) is 0 Å². The number of aryl methyl sites for hydroxylation is 2. The van der Waals surface area contributed by atoms with Crippen molar-refractivity contribution in [2.45, 2.75) is 13.1 Å². The highest BCUT2D eigenvalue weighted by molar-refractivity contribution is 5.76. The summed E-state index contributed by atoms with van der Waals surface area (Å²) in [4.78, 5) is 23.4. The quantitative estimate of drug-likeness (QED) is 0.372. The number of nitrogens with zero attached hydrogens (tertiary/aromatic N) is 4. The molecule has 2 aromatic heterocycles. The monoisotopic (exact) mass is 376 g/mol. The molecule has 0 aliphatic carbocycles. The van der Waals surface area contributed by atoms with E-state index in [0.717, 1.165) is 0 Å². The summed E-state index contributed by atoms with van der Waals surface area (Å²) in [5, 5.41) is 5.54. The van der Waals surface area contributed by atoms with E-state index < -0.39 is 0 Å². The van der Waals surface area contributed by atoms with Crippen molar-refractivity contribution in [3.8, 4) is 0 Å². The Morgan fingerprint density at radius 1 is 0.833 bits per heavy atom. The smallest absolute Gasteiger partial charge is 0.262 e. The lowest BCUT2D eigenvalue weighted by atomic mass is 10.5. The number of hydrogen-bond donors (Lipinski definition) is 2. The first-order valence-corrected chi connectivity index (χ1v) is 7.08. The molecule has 0 atom stereocenters. The lowest BCUT2D eigenvalue weighted by Gasteiger charge is -2.05. The number of nitrogens with one attached hydrogen (secondary N) is 2. The van der Waals surface area contributed by atoms with Crippen LogP contribution in [0.1, 0.15) is 0 Å². The minimum Gasteiger partial charge on any atom is -1.00 e. The van der Waals surface area contributed by atoms with Gasteiger partial charge in [0.2, 0.25) is 12.7 Å². The normalized spacial score (nSPS) is 9.58. The minimum atomic E-state index is -0.0807. The van der Waals surface area contributed by atoms with E-state index in [1.807, 2.05) is 60.7 Å². The molecule has 2 amide bonds. The van der Waals surface area contributed by atoms with Gasteiger partial charge in [-0.2, -0.15) is 0 Å². The van der Waals surface area contributed by atoms with Gasteiger partial charge in [-0.1, -0.05) is 0 Å². The minimum absolute atomic E-state index is 0. The molecule has 2 N–H and O–H groups in total. The van der Waals surface area contributed by atoms with Gasteiger partial charge >= 0.3 is 0 Å². The van der Waals surface area contributed by atoms with Crippen LogP contribution in [0.4, 0.5) is 0 Å². The van der Waals surface area contributed by atoms with E-state index in [-0.39, 0.29) is 49.7 Å². The van der Waals surface area contributed by atoms with Crippen LogP contribution in [0.3, 0.4) is 0 Å². The van der Waals surface area contributed by atoms with Crippen LogP contribution in [-0.4, -0.2) is 34.0 Å². The highest BCUT2D eigenvalue weighted by Gasteiger charge is 2.09. The Labute approximate surface area is 153 Å². The van der Waals surface area contributed by atoms with Crippen molar-refractivity contribution in [3.63, 3.8) is 0 Å². The number of halogens is 2. The maximum absolute atomic E-state index is 11.7. The van der Waals surface area contributed by atoms with Crippen LogP contribution in [0.5, 0.6) is 0 Å². The molecule has 2 rings (SSSR count). The van der Waals surface area contributed by atoms with Gasteiger partial charge in [0.05, 0.1) is 14.1 Å². The van der Waals surface area contributed by atoms with Crippen molar-refractivity contribution in [2.24, 2.45) is 14.1 Å². The zero-order valence-corrected chi connectivity index (χ0v) is 15.2. The first-order chi connectivity index (χ1) is 10.5. The highest BCUT2D eigenvalue weighted by atomic mass is 35.5. The topological polar surface area (TPSA) is 75.8 Å². The molecular weight excluding hydrogens is 355 g/mol. The Hall–Kier alpha value is -2.06. The molecule has 0 aliphatic heterocycles. The highest BCUT2D eigenvalue weighted by Crippen LogP contribution is 1.84. The van der Waals surface area contributed by atoms with Crippen molar-refractivity contribution >= 4 is 11.8 Å². The van der Waals surface area contributed by atoms with Gasteiger partial charge in [-0.3, -0.25) is 9.59 Å². The summed E-state index contributed by atoms with van der Waals surface area (Å²) >= 11 is 0. The van der Waals surface area contributed by atoms with Crippen molar-refractivity contribution < 1.29 is 43.5 Å². The first-order valence-electron chi connectivity index (χ1n) is 7.08. The number of carbonyl (C=O) groups is 2. The van der Waals surface area contributed by atoms with Crippen LogP contribution in [0.2, 0.25) is 0 Å². The number of imidazole rings is 2. The molecule has 0 saturated heterocycles. The predicted octanol–water partition coefficient (Wildman–Crippen LogP) is -8.12. The zero-order valence-electron chi connectivity index (χ0n) is 13.7. The maximum Gasteiger partial charge on any atom is 0.262 e. The van der Waals surface area contributed by atoms with Crippen LogP contribution >= 0.6 is 0 Å². The van der Waals surface area contributed by atoms with Crippen LogP contribution < -0.4 is 44.6 Å². The van der Waals surface area contributed by atoms with Gasteiger partial charge in [-0.15, -0.1) is 0 Å². The second-order valence-corrected chi connectivity index (χ2v) is 5.20. The second-order valence-electron chi connectivity index (χ2n) is 5.20. The summed E-state index contributed by atoms with van der Waals surface area (Å²) in [5.74, 6) is -0.161. The molecule has 0 saturated carbocycles. The summed E-state index contributed by atoms with van der Waals surface area (Å²) in [6.45, 7) is 1.37. The molecular formula is C14H22Cl2N6O2. The van der Waals surface area contributed by atoms with E-state index in [1.165, 1.54) is 0 Å². The van der Waals surface area contributed by atoms with E-state index in [4.69, 9.17) is 0 Å². The fraction of sp³-hybridized carbons (Fsp3) is 0.429.